The second-order valence-electron chi connectivity index (χ2n) is 4.30. The molecule has 1 atom stereocenters. The standard InChI is InChI=1S/C12H17N3O2/c1-8(12(13)16)17-11-5-4-10(15-7-11)6-14-9-2-3-9/h4-5,7-9,14H,2-3,6H2,1H3,(H2,13,16). The van der Waals surface area contributed by atoms with Crippen LogP contribution in [0.5, 0.6) is 5.75 Å². The topological polar surface area (TPSA) is 77.2 Å². The number of rotatable bonds is 6. The van der Waals surface area contributed by atoms with E-state index in [4.69, 9.17) is 10.5 Å². The third-order valence-electron chi connectivity index (χ3n) is 2.66. The molecule has 1 saturated carbocycles. The van der Waals surface area contributed by atoms with Crippen LogP contribution in [0.1, 0.15) is 25.5 Å². The number of pyridine rings is 1. The van der Waals surface area contributed by atoms with Crippen LogP contribution in [0.15, 0.2) is 18.3 Å². The van der Waals surface area contributed by atoms with Crippen LogP contribution < -0.4 is 15.8 Å². The number of aromatic nitrogens is 1. The minimum Gasteiger partial charge on any atom is -0.479 e. The van der Waals surface area contributed by atoms with Gasteiger partial charge in [-0.15, -0.1) is 0 Å². The van der Waals surface area contributed by atoms with Crippen molar-refractivity contribution in [3.63, 3.8) is 0 Å². The average Bonchev–Trinajstić information content (AvgIpc) is 3.12. The predicted molar refractivity (Wildman–Crippen MR) is 63.4 cm³/mol. The summed E-state index contributed by atoms with van der Waals surface area (Å²) >= 11 is 0. The van der Waals surface area contributed by atoms with Gasteiger partial charge in [0.1, 0.15) is 5.75 Å². The van der Waals surface area contributed by atoms with Crippen molar-refractivity contribution in [3.05, 3.63) is 24.0 Å². The van der Waals surface area contributed by atoms with Gasteiger partial charge in [-0.25, -0.2) is 0 Å². The van der Waals surface area contributed by atoms with E-state index >= 15 is 0 Å². The van der Waals surface area contributed by atoms with Gasteiger partial charge in [0.2, 0.25) is 0 Å². The van der Waals surface area contributed by atoms with Crippen molar-refractivity contribution >= 4 is 5.91 Å². The summed E-state index contributed by atoms with van der Waals surface area (Å²) in [5.41, 5.74) is 6.08. The Hall–Kier alpha value is -1.62. The first kappa shape index (κ1) is 11.9. The molecule has 1 aliphatic carbocycles. The molecule has 0 radical (unpaired) electrons. The monoisotopic (exact) mass is 235 g/mol. The van der Waals surface area contributed by atoms with Crippen molar-refractivity contribution in [2.75, 3.05) is 0 Å². The van der Waals surface area contributed by atoms with E-state index in [1.807, 2.05) is 6.07 Å². The first-order chi connectivity index (χ1) is 8.15. The lowest BCUT2D eigenvalue weighted by Gasteiger charge is -2.11. The van der Waals surface area contributed by atoms with E-state index in [0.717, 1.165) is 12.2 Å². The Labute approximate surface area is 100 Å². The molecule has 0 spiro atoms. The highest BCUT2D eigenvalue weighted by molar-refractivity contribution is 5.78. The normalized spacial score (nSPS) is 16.5. The Morgan fingerprint density at radius 2 is 2.41 bits per heavy atom. The van der Waals surface area contributed by atoms with Crippen molar-refractivity contribution in [3.8, 4) is 5.75 Å². The fourth-order valence-electron chi connectivity index (χ4n) is 1.38. The molecule has 0 aromatic carbocycles. The molecule has 1 fully saturated rings. The molecular formula is C12H17N3O2. The van der Waals surface area contributed by atoms with Crippen LogP contribution in [0.25, 0.3) is 0 Å². The van der Waals surface area contributed by atoms with Gasteiger partial charge in [0.05, 0.1) is 11.9 Å². The number of carbonyl (C=O) groups excluding carboxylic acids is 1. The van der Waals surface area contributed by atoms with Gasteiger partial charge >= 0.3 is 0 Å². The molecule has 1 unspecified atom stereocenters. The molecule has 5 nitrogen and oxygen atoms in total. The van der Waals surface area contributed by atoms with E-state index in [-0.39, 0.29) is 0 Å². The number of primary amides is 1. The summed E-state index contributed by atoms with van der Waals surface area (Å²) in [6.07, 6.45) is 3.50. The number of amides is 1. The van der Waals surface area contributed by atoms with E-state index in [1.165, 1.54) is 12.8 Å². The average molecular weight is 235 g/mol. The van der Waals surface area contributed by atoms with E-state index in [9.17, 15) is 4.79 Å². The second kappa shape index (κ2) is 5.14. The molecule has 3 N–H and O–H groups in total. The molecule has 0 aliphatic heterocycles. The SMILES string of the molecule is CC(Oc1ccc(CNC2CC2)nc1)C(N)=O. The summed E-state index contributed by atoms with van der Waals surface area (Å²) in [6, 6.07) is 4.36. The molecule has 0 bridgehead atoms. The lowest BCUT2D eigenvalue weighted by Crippen LogP contribution is -2.30. The highest BCUT2D eigenvalue weighted by Gasteiger charge is 2.20. The van der Waals surface area contributed by atoms with E-state index < -0.39 is 12.0 Å². The van der Waals surface area contributed by atoms with Crippen LogP contribution in [-0.2, 0) is 11.3 Å². The predicted octanol–water partition coefficient (Wildman–Crippen LogP) is 0.586. The molecular weight excluding hydrogens is 218 g/mol. The zero-order valence-electron chi connectivity index (χ0n) is 9.85. The maximum Gasteiger partial charge on any atom is 0.258 e. The minimum absolute atomic E-state index is 0.482. The maximum atomic E-state index is 10.8. The highest BCUT2D eigenvalue weighted by atomic mass is 16.5. The molecule has 0 saturated heterocycles. The largest absolute Gasteiger partial charge is 0.479 e. The van der Waals surface area contributed by atoms with Crippen LogP contribution >= 0.6 is 0 Å². The Morgan fingerprint density at radius 3 is 2.94 bits per heavy atom. The number of nitrogens with zero attached hydrogens (tertiary/aromatic N) is 1. The lowest BCUT2D eigenvalue weighted by atomic mass is 10.3. The molecule has 1 aliphatic rings. The highest BCUT2D eigenvalue weighted by Crippen LogP contribution is 2.19. The van der Waals surface area contributed by atoms with Crippen molar-refractivity contribution < 1.29 is 9.53 Å². The molecule has 1 amide bonds. The van der Waals surface area contributed by atoms with Crippen LogP contribution in [0.2, 0.25) is 0 Å². The van der Waals surface area contributed by atoms with Gasteiger partial charge in [0, 0.05) is 12.6 Å². The van der Waals surface area contributed by atoms with Crippen molar-refractivity contribution in [1.29, 1.82) is 0 Å². The number of nitrogens with two attached hydrogens (primary N) is 1. The number of nitrogens with one attached hydrogen (secondary N) is 1. The van der Waals surface area contributed by atoms with Gasteiger partial charge in [0.25, 0.3) is 5.91 Å². The summed E-state index contributed by atoms with van der Waals surface area (Å²) in [6.45, 7) is 2.39. The first-order valence-corrected chi connectivity index (χ1v) is 5.79. The molecule has 92 valence electrons. The van der Waals surface area contributed by atoms with Crippen molar-refractivity contribution in [2.24, 2.45) is 5.73 Å². The third kappa shape index (κ3) is 3.71. The quantitative estimate of drug-likeness (QED) is 0.756. The molecule has 17 heavy (non-hydrogen) atoms. The Bertz CT molecular complexity index is 387. The summed E-state index contributed by atoms with van der Waals surface area (Å²) in [7, 11) is 0. The molecule has 5 heteroatoms. The van der Waals surface area contributed by atoms with E-state index in [1.54, 1.807) is 19.2 Å². The molecule has 2 rings (SSSR count). The zero-order chi connectivity index (χ0) is 12.3. The molecule has 1 aromatic heterocycles. The first-order valence-electron chi connectivity index (χ1n) is 5.79. The summed E-state index contributed by atoms with van der Waals surface area (Å²) in [5.74, 6) is 0.0796. The van der Waals surface area contributed by atoms with Crippen molar-refractivity contribution in [1.82, 2.24) is 10.3 Å². The zero-order valence-corrected chi connectivity index (χ0v) is 9.85. The van der Waals surface area contributed by atoms with Gasteiger partial charge in [-0.3, -0.25) is 9.78 Å². The smallest absolute Gasteiger partial charge is 0.258 e. The van der Waals surface area contributed by atoms with Crippen molar-refractivity contribution in [2.45, 2.75) is 38.5 Å². The molecule has 1 aromatic rings. The van der Waals surface area contributed by atoms with E-state index in [2.05, 4.69) is 10.3 Å². The van der Waals surface area contributed by atoms with Crippen LogP contribution in [0.4, 0.5) is 0 Å². The van der Waals surface area contributed by atoms with Crippen LogP contribution in [0.3, 0.4) is 0 Å². The van der Waals surface area contributed by atoms with Gasteiger partial charge in [-0.2, -0.15) is 0 Å². The summed E-state index contributed by atoms with van der Waals surface area (Å²) in [5, 5.41) is 3.37. The van der Waals surface area contributed by atoms with Crippen LogP contribution in [0, 0.1) is 0 Å². The summed E-state index contributed by atoms with van der Waals surface area (Å²) in [4.78, 5) is 15.1. The van der Waals surface area contributed by atoms with Crippen LogP contribution in [-0.4, -0.2) is 23.0 Å². The van der Waals surface area contributed by atoms with Gasteiger partial charge in [-0.05, 0) is 31.9 Å². The van der Waals surface area contributed by atoms with Gasteiger partial charge < -0.3 is 15.8 Å². The number of carbonyl (C=O) groups is 1. The Balaban J connectivity index is 1.85. The maximum absolute atomic E-state index is 10.8. The van der Waals surface area contributed by atoms with Gasteiger partial charge in [-0.1, -0.05) is 0 Å². The van der Waals surface area contributed by atoms with E-state index in [0.29, 0.717) is 11.8 Å². The summed E-state index contributed by atoms with van der Waals surface area (Å²) < 4.78 is 5.31. The number of ether oxygens (including phenoxy) is 1. The fourth-order valence-corrected chi connectivity index (χ4v) is 1.38. The Kier molecular flexibility index (Phi) is 3.58. The Morgan fingerprint density at radius 1 is 1.65 bits per heavy atom. The number of hydrogen-bond acceptors (Lipinski definition) is 4. The minimum atomic E-state index is -0.632. The van der Waals surface area contributed by atoms with Gasteiger partial charge in [0.15, 0.2) is 6.10 Å². The second-order valence-corrected chi connectivity index (χ2v) is 4.30. The third-order valence-corrected chi connectivity index (χ3v) is 2.66. The lowest BCUT2D eigenvalue weighted by molar-refractivity contribution is -0.123. The fraction of sp³-hybridized carbons (Fsp3) is 0.500. The molecule has 1 heterocycles. The number of hydrogen-bond donors (Lipinski definition) is 2.